The van der Waals surface area contributed by atoms with Gasteiger partial charge in [0.15, 0.2) is 0 Å². The molecule has 0 aliphatic rings. The van der Waals surface area contributed by atoms with E-state index < -0.39 is 11.8 Å². The minimum atomic E-state index is -0.854. The number of nitrogens with zero attached hydrogens (tertiary/aromatic N) is 1. The second-order valence-electron chi connectivity index (χ2n) is 5.05. The third-order valence-electron chi connectivity index (χ3n) is 2.96. The highest BCUT2D eigenvalue weighted by Crippen LogP contribution is 2.14. The van der Waals surface area contributed by atoms with Gasteiger partial charge < -0.3 is 5.32 Å². The van der Waals surface area contributed by atoms with Crippen molar-refractivity contribution in [1.29, 1.82) is 0 Å². The van der Waals surface area contributed by atoms with Crippen molar-refractivity contribution in [2.24, 2.45) is 5.10 Å². The van der Waals surface area contributed by atoms with Crippen LogP contribution in [0.5, 0.6) is 0 Å². The Morgan fingerprint density at radius 3 is 2.35 bits per heavy atom. The molecule has 2 N–H and O–H groups in total. The van der Waals surface area contributed by atoms with Gasteiger partial charge in [-0.2, -0.15) is 5.10 Å². The highest BCUT2D eigenvalue weighted by molar-refractivity contribution is 6.39. The predicted molar refractivity (Wildman–Crippen MR) is 91.7 cm³/mol. The van der Waals surface area contributed by atoms with Gasteiger partial charge >= 0.3 is 11.8 Å². The number of hydrogen-bond donors (Lipinski definition) is 2. The fraction of sp³-hybridized carbons (Fsp3) is 0.118. The van der Waals surface area contributed by atoms with E-state index >= 15 is 0 Å². The molecule has 2 aromatic rings. The predicted octanol–water partition coefficient (Wildman–Crippen LogP) is 3.05. The Labute approximate surface area is 139 Å². The van der Waals surface area contributed by atoms with Crippen molar-refractivity contribution in [3.8, 4) is 0 Å². The molecule has 0 aromatic heterocycles. The lowest BCUT2D eigenvalue weighted by Crippen LogP contribution is -2.32. The van der Waals surface area contributed by atoms with Gasteiger partial charge in [-0.05, 0) is 43.2 Å². The summed E-state index contributed by atoms with van der Waals surface area (Å²) >= 11 is 5.96. The molecule has 0 fully saturated rings. The summed E-state index contributed by atoms with van der Waals surface area (Å²) < 4.78 is 0. The molecule has 0 saturated heterocycles. The van der Waals surface area contributed by atoms with Crippen LogP contribution in [0.2, 0.25) is 5.02 Å². The van der Waals surface area contributed by atoms with E-state index in [1.54, 1.807) is 36.4 Å². The molecule has 0 spiro atoms. The Hall–Kier alpha value is -2.66. The summed E-state index contributed by atoms with van der Waals surface area (Å²) in [5, 5.41) is 6.77. The zero-order valence-electron chi connectivity index (χ0n) is 12.8. The first-order valence-electron chi connectivity index (χ1n) is 6.93. The minimum Gasteiger partial charge on any atom is -0.318 e. The van der Waals surface area contributed by atoms with Crippen LogP contribution in [0.4, 0.5) is 5.69 Å². The molecule has 0 aliphatic heterocycles. The summed E-state index contributed by atoms with van der Waals surface area (Å²) in [4.78, 5) is 23.5. The maximum atomic E-state index is 11.8. The molecule has 118 valence electrons. The van der Waals surface area contributed by atoms with Crippen molar-refractivity contribution in [1.82, 2.24) is 5.43 Å². The summed E-state index contributed by atoms with van der Waals surface area (Å²) in [6.45, 7) is 3.83. The highest BCUT2D eigenvalue weighted by Gasteiger charge is 2.13. The number of aryl methyl sites for hydroxylation is 2. The monoisotopic (exact) mass is 329 g/mol. The van der Waals surface area contributed by atoms with Crippen molar-refractivity contribution in [2.45, 2.75) is 13.8 Å². The van der Waals surface area contributed by atoms with Crippen LogP contribution in [0.3, 0.4) is 0 Å². The van der Waals surface area contributed by atoms with E-state index in [9.17, 15) is 9.59 Å². The smallest absolute Gasteiger partial charge is 0.318 e. The van der Waals surface area contributed by atoms with Crippen LogP contribution in [-0.4, -0.2) is 18.0 Å². The SMILES string of the molecule is Cc1cc(C)cc(NC(=O)C(=O)N/N=C\c2ccccc2Cl)c1. The molecular formula is C17H16ClN3O2. The number of carbonyl (C=O) groups is 2. The summed E-state index contributed by atoms with van der Waals surface area (Å²) in [5.41, 5.74) is 5.37. The van der Waals surface area contributed by atoms with Crippen molar-refractivity contribution in [2.75, 3.05) is 5.32 Å². The lowest BCUT2D eigenvalue weighted by atomic mass is 10.1. The Morgan fingerprint density at radius 2 is 1.70 bits per heavy atom. The number of anilines is 1. The Balaban J connectivity index is 1.95. The van der Waals surface area contributed by atoms with Gasteiger partial charge in [0, 0.05) is 16.3 Å². The molecule has 0 aliphatic carbocycles. The zero-order chi connectivity index (χ0) is 16.8. The molecule has 23 heavy (non-hydrogen) atoms. The molecule has 2 amide bonds. The molecule has 0 unspecified atom stereocenters. The van der Waals surface area contributed by atoms with Crippen molar-refractivity contribution >= 4 is 35.3 Å². The lowest BCUT2D eigenvalue weighted by Gasteiger charge is -2.06. The maximum Gasteiger partial charge on any atom is 0.329 e. The summed E-state index contributed by atoms with van der Waals surface area (Å²) in [5.74, 6) is -1.64. The average Bonchev–Trinajstić information content (AvgIpc) is 2.48. The van der Waals surface area contributed by atoms with E-state index in [0.717, 1.165) is 11.1 Å². The fourth-order valence-electron chi connectivity index (χ4n) is 2.03. The molecule has 0 atom stereocenters. The van der Waals surface area contributed by atoms with Crippen molar-refractivity contribution < 1.29 is 9.59 Å². The summed E-state index contributed by atoms with van der Waals surface area (Å²) in [6.07, 6.45) is 1.38. The van der Waals surface area contributed by atoms with Gasteiger partial charge in [-0.15, -0.1) is 0 Å². The molecule has 0 heterocycles. The number of benzene rings is 2. The highest BCUT2D eigenvalue weighted by atomic mass is 35.5. The van der Waals surface area contributed by atoms with Crippen LogP contribution in [-0.2, 0) is 9.59 Å². The number of hydrogen-bond acceptors (Lipinski definition) is 3. The first-order chi connectivity index (χ1) is 11.0. The first kappa shape index (κ1) is 16.7. The number of rotatable bonds is 3. The van der Waals surface area contributed by atoms with Crippen molar-refractivity contribution in [3.05, 3.63) is 64.2 Å². The van der Waals surface area contributed by atoms with Crippen molar-refractivity contribution in [3.63, 3.8) is 0 Å². The van der Waals surface area contributed by atoms with Crippen LogP contribution in [0.25, 0.3) is 0 Å². The van der Waals surface area contributed by atoms with Gasteiger partial charge in [0.1, 0.15) is 0 Å². The van der Waals surface area contributed by atoms with E-state index in [0.29, 0.717) is 16.3 Å². The first-order valence-corrected chi connectivity index (χ1v) is 7.31. The van der Waals surface area contributed by atoms with Gasteiger partial charge in [0.05, 0.1) is 6.21 Å². The van der Waals surface area contributed by atoms with Gasteiger partial charge in [-0.25, -0.2) is 5.43 Å². The van der Waals surface area contributed by atoms with Crippen LogP contribution < -0.4 is 10.7 Å². The topological polar surface area (TPSA) is 70.6 Å². The lowest BCUT2D eigenvalue weighted by molar-refractivity contribution is -0.136. The Bertz CT molecular complexity index is 752. The van der Waals surface area contributed by atoms with Crippen LogP contribution in [0.1, 0.15) is 16.7 Å². The standard InChI is InChI=1S/C17H16ClN3O2/c1-11-7-12(2)9-14(8-11)20-16(22)17(23)21-19-10-13-5-3-4-6-15(13)18/h3-10H,1-2H3,(H,20,22)(H,21,23)/b19-10-. The third kappa shape index (κ3) is 4.93. The van der Waals surface area contributed by atoms with E-state index in [2.05, 4.69) is 15.8 Å². The molecule has 0 radical (unpaired) electrons. The quantitative estimate of drug-likeness (QED) is 0.516. The van der Waals surface area contributed by atoms with Crippen LogP contribution >= 0.6 is 11.6 Å². The number of amides is 2. The molecule has 0 bridgehead atoms. The Morgan fingerprint density at radius 1 is 1.04 bits per heavy atom. The fourth-order valence-corrected chi connectivity index (χ4v) is 2.21. The van der Waals surface area contributed by atoms with E-state index in [-0.39, 0.29) is 0 Å². The normalized spacial score (nSPS) is 10.6. The second-order valence-corrected chi connectivity index (χ2v) is 5.46. The van der Waals surface area contributed by atoms with Crippen LogP contribution in [0, 0.1) is 13.8 Å². The Kier molecular flexibility index (Phi) is 5.49. The minimum absolute atomic E-state index is 0.505. The van der Waals surface area contributed by atoms with Gasteiger partial charge in [0.25, 0.3) is 0 Å². The van der Waals surface area contributed by atoms with Gasteiger partial charge in [-0.3, -0.25) is 9.59 Å². The summed E-state index contributed by atoms with van der Waals surface area (Å²) in [7, 11) is 0. The largest absolute Gasteiger partial charge is 0.329 e. The number of halogens is 1. The zero-order valence-corrected chi connectivity index (χ0v) is 13.5. The second kappa shape index (κ2) is 7.56. The molecule has 2 aromatic carbocycles. The molecule has 6 heteroatoms. The van der Waals surface area contributed by atoms with Crippen LogP contribution in [0.15, 0.2) is 47.6 Å². The van der Waals surface area contributed by atoms with E-state index in [1.807, 2.05) is 19.9 Å². The molecule has 5 nitrogen and oxygen atoms in total. The van der Waals surface area contributed by atoms with E-state index in [1.165, 1.54) is 6.21 Å². The van der Waals surface area contributed by atoms with Gasteiger partial charge in [-0.1, -0.05) is 35.9 Å². The molecular weight excluding hydrogens is 314 g/mol. The summed E-state index contributed by atoms with van der Waals surface area (Å²) in [6, 6.07) is 12.6. The number of carbonyl (C=O) groups excluding carboxylic acids is 2. The number of nitrogens with one attached hydrogen (secondary N) is 2. The molecule has 2 rings (SSSR count). The average molecular weight is 330 g/mol. The maximum absolute atomic E-state index is 11.8. The van der Waals surface area contributed by atoms with Gasteiger partial charge in [0.2, 0.25) is 0 Å². The van der Waals surface area contributed by atoms with E-state index in [4.69, 9.17) is 11.6 Å². The number of hydrazone groups is 1. The third-order valence-corrected chi connectivity index (χ3v) is 3.30. The molecule has 0 saturated carbocycles.